The van der Waals surface area contributed by atoms with E-state index in [9.17, 15) is 5.11 Å². The number of aliphatic hydroxyl groups excluding tert-OH is 1. The second-order valence-corrected chi connectivity index (χ2v) is 4.99. The van der Waals surface area contributed by atoms with Crippen molar-refractivity contribution in [3.05, 3.63) is 16.1 Å². The number of ether oxygens (including phenoxy) is 1. The van der Waals surface area contributed by atoms with Crippen LogP contribution in [0.5, 0.6) is 0 Å². The lowest BCUT2D eigenvalue weighted by molar-refractivity contribution is 0.0189. The smallest absolute Gasteiger partial charge is 0.122 e. The van der Waals surface area contributed by atoms with Crippen LogP contribution in [0.4, 0.5) is 0 Å². The molecule has 1 fully saturated rings. The Morgan fingerprint density at radius 2 is 2.60 bits per heavy atom. The van der Waals surface area contributed by atoms with Gasteiger partial charge in [0.1, 0.15) is 11.1 Å². The molecule has 1 aromatic heterocycles. The number of hydrogen-bond donors (Lipinski definition) is 2. The Balaban J connectivity index is 2.21. The van der Waals surface area contributed by atoms with Crippen LogP contribution in [0.1, 0.15) is 23.2 Å². The summed E-state index contributed by atoms with van der Waals surface area (Å²) in [6.07, 6.45) is 0.215. The molecule has 2 unspecified atom stereocenters. The fourth-order valence-corrected chi connectivity index (χ4v) is 2.79. The average Bonchev–Trinajstić information content (AvgIpc) is 2.86. The summed E-state index contributed by atoms with van der Waals surface area (Å²) in [6.45, 7) is 3.57. The van der Waals surface area contributed by atoms with Gasteiger partial charge in [-0.2, -0.15) is 0 Å². The van der Waals surface area contributed by atoms with Gasteiger partial charge >= 0.3 is 0 Å². The van der Waals surface area contributed by atoms with E-state index in [1.165, 1.54) is 11.3 Å². The summed E-state index contributed by atoms with van der Waals surface area (Å²) in [5.74, 6) is 0. The van der Waals surface area contributed by atoms with Crippen LogP contribution in [0.15, 0.2) is 5.38 Å². The largest absolute Gasteiger partial charge is 0.385 e. The molecule has 0 amide bonds. The summed E-state index contributed by atoms with van der Waals surface area (Å²) in [5, 5.41) is 13.0. The van der Waals surface area contributed by atoms with Gasteiger partial charge in [-0.1, -0.05) is 0 Å². The van der Waals surface area contributed by atoms with Crippen LogP contribution < -0.4 is 5.73 Å². The van der Waals surface area contributed by atoms with Crippen molar-refractivity contribution in [1.82, 2.24) is 4.98 Å². The van der Waals surface area contributed by atoms with E-state index in [4.69, 9.17) is 10.5 Å². The van der Waals surface area contributed by atoms with Crippen molar-refractivity contribution in [3.63, 3.8) is 0 Å². The van der Waals surface area contributed by atoms with Crippen LogP contribution in [0, 0.1) is 12.3 Å². The molecule has 5 heteroatoms. The van der Waals surface area contributed by atoms with Crippen molar-refractivity contribution in [1.29, 1.82) is 0 Å². The summed E-state index contributed by atoms with van der Waals surface area (Å²) >= 11 is 1.49. The number of hydrogen-bond acceptors (Lipinski definition) is 5. The fourth-order valence-electron chi connectivity index (χ4n) is 1.87. The maximum absolute atomic E-state index is 10.3. The molecule has 1 aliphatic rings. The maximum atomic E-state index is 10.3. The van der Waals surface area contributed by atoms with Crippen molar-refractivity contribution in [2.75, 3.05) is 19.8 Å². The first-order chi connectivity index (χ1) is 7.18. The number of rotatable bonds is 3. The highest BCUT2D eigenvalue weighted by molar-refractivity contribution is 7.09. The first-order valence-corrected chi connectivity index (χ1v) is 5.94. The van der Waals surface area contributed by atoms with Crippen LogP contribution in [-0.2, 0) is 4.74 Å². The predicted octanol–water partition coefficient (Wildman–Crippen LogP) is 0.850. The molecule has 0 aliphatic carbocycles. The van der Waals surface area contributed by atoms with Crippen molar-refractivity contribution in [3.8, 4) is 0 Å². The molecule has 2 atom stereocenters. The minimum atomic E-state index is -0.594. The Hall–Kier alpha value is -0.490. The van der Waals surface area contributed by atoms with E-state index in [0.29, 0.717) is 19.8 Å². The Kier molecular flexibility index (Phi) is 3.06. The van der Waals surface area contributed by atoms with Gasteiger partial charge in [0, 0.05) is 29.6 Å². The first kappa shape index (κ1) is 11.0. The van der Waals surface area contributed by atoms with Crippen LogP contribution >= 0.6 is 11.3 Å². The predicted molar refractivity (Wildman–Crippen MR) is 58.7 cm³/mol. The highest BCUT2D eigenvalue weighted by atomic mass is 32.1. The zero-order valence-electron chi connectivity index (χ0n) is 8.77. The van der Waals surface area contributed by atoms with E-state index in [0.717, 1.165) is 17.1 Å². The molecule has 0 bridgehead atoms. The van der Waals surface area contributed by atoms with Gasteiger partial charge in [0.2, 0.25) is 0 Å². The lowest BCUT2D eigenvalue weighted by Gasteiger charge is -2.29. The Bertz CT molecular complexity index is 334. The lowest BCUT2D eigenvalue weighted by atomic mass is 9.81. The van der Waals surface area contributed by atoms with E-state index in [1.807, 2.05) is 12.3 Å². The zero-order valence-corrected chi connectivity index (χ0v) is 9.59. The lowest BCUT2D eigenvalue weighted by Crippen LogP contribution is -2.37. The topological polar surface area (TPSA) is 68.4 Å². The van der Waals surface area contributed by atoms with Crippen molar-refractivity contribution in [2.45, 2.75) is 19.4 Å². The van der Waals surface area contributed by atoms with Gasteiger partial charge in [-0.25, -0.2) is 4.98 Å². The van der Waals surface area contributed by atoms with Crippen LogP contribution in [0.25, 0.3) is 0 Å². The van der Waals surface area contributed by atoms with Gasteiger partial charge in [-0.3, -0.25) is 0 Å². The Labute approximate surface area is 93.1 Å². The standard InChI is InChI=1S/C10H16N2O2S/c1-7-4-15-9(12-7)8(13)10(5-11)2-3-14-6-10/h4,8,13H,2-3,5-6,11H2,1H3. The Morgan fingerprint density at radius 1 is 1.80 bits per heavy atom. The van der Waals surface area contributed by atoms with Crippen molar-refractivity contribution in [2.24, 2.45) is 11.1 Å². The van der Waals surface area contributed by atoms with E-state index >= 15 is 0 Å². The third-order valence-electron chi connectivity index (χ3n) is 2.99. The second kappa shape index (κ2) is 4.17. The van der Waals surface area contributed by atoms with Gasteiger partial charge in [-0.15, -0.1) is 11.3 Å². The van der Waals surface area contributed by atoms with E-state index < -0.39 is 6.10 Å². The minimum absolute atomic E-state index is 0.329. The zero-order chi connectivity index (χ0) is 10.9. The number of nitrogens with zero attached hydrogens (tertiary/aromatic N) is 1. The van der Waals surface area contributed by atoms with Gasteiger partial charge in [-0.05, 0) is 13.3 Å². The molecule has 0 saturated carbocycles. The summed E-state index contributed by atoms with van der Waals surface area (Å²) in [6, 6.07) is 0. The van der Waals surface area contributed by atoms with Gasteiger partial charge in [0.15, 0.2) is 0 Å². The monoisotopic (exact) mass is 228 g/mol. The fraction of sp³-hybridized carbons (Fsp3) is 0.700. The molecular formula is C10H16N2O2S. The van der Waals surface area contributed by atoms with Crippen LogP contribution in [0.3, 0.4) is 0 Å². The molecule has 1 aromatic rings. The Morgan fingerprint density at radius 3 is 3.07 bits per heavy atom. The minimum Gasteiger partial charge on any atom is -0.385 e. The molecule has 4 nitrogen and oxygen atoms in total. The number of nitrogens with two attached hydrogens (primary N) is 1. The molecule has 0 spiro atoms. The van der Waals surface area contributed by atoms with E-state index in [1.54, 1.807) is 0 Å². The molecule has 0 aromatic carbocycles. The van der Waals surface area contributed by atoms with Gasteiger partial charge < -0.3 is 15.6 Å². The van der Waals surface area contributed by atoms with Gasteiger partial charge in [0.05, 0.1) is 6.61 Å². The second-order valence-electron chi connectivity index (χ2n) is 4.10. The SMILES string of the molecule is Cc1csc(C(O)C2(CN)CCOC2)n1. The summed E-state index contributed by atoms with van der Waals surface area (Å²) in [5.41, 5.74) is 6.37. The molecular weight excluding hydrogens is 212 g/mol. The van der Waals surface area contributed by atoms with Crippen molar-refractivity contribution < 1.29 is 9.84 Å². The summed E-state index contributed by atoms with van der Waals surface area (Å²) < 4.78 is 5.34. The van der Waals surface area contributed by atoms with Gasteiger partial charge in [0.25, 0.3) is 0 Å². The van der Waals surface area contributed by atoms with E-state index in [2.05, 4.69) is 4.98 Å². The number of aryl methyl sites for hydroxylation is 1. The molecule has 15 heavy (non-hydrogen) atoms. The third kappa shape index (κ3) is 1.92. The quantitative estimate of drug-likeness (QED) is 0.805. The molecule has 2 heterocycles. The molecule has 1 aliphatic heterocycles. The van der Waals surface area contributed by atoms with E-state index in [-0.39, 0.29) is 5.41 Å². The molecule has 1 saturated heterocycles. The first-order valence-electron chi connectivity index (χ1n) is 5.06. The number of aliphatic hydroxyl groups is 1. The molecule has 3 N–H and O–H groups in total. The third-order valence-corrected chi connectivity index (χ3v) is 4.01. The highest BCUT2D eigenvalue weighted by Gasteiger charge is 2.42. The summed E-state index contributed by atoms with van der Waals surface area (Å²) in [7, 11) is 0. The summed E-state index contributed by atoms with van der Waals surface area (Å²) in [4.78, 5) is 4.31. The number of thiazole rings is 1. The molecule has 0 radical (unpaired) electrons. The average molecular weight is 228 g/mol. The highest BCUT2D eigenvalue weighted by Crippen LogP contribution is 2.41. The maximum Gasteiger partial charge on any atom is 0.122 e. The normalized spacial score (nSPS) is 28.2. The van der Waals surface area contributed by atoms with Crippen LogP contribution in [0.2, 0.25) is 0 Å². The van der Waals surface area contributed by atoms with Crippen LogP contribution in [-0.4, -0.2) is 29.8 Å². The van der Waals surface area contributed by atoms with Crippen molar-refractivity contribution >= 4 is 11.3 Å². The molecule has 84 valence electrons. The molecule has 2 rings (SSSR count). The number of aromatic nitrogens is 1.